The van der Waals surface area contributed by atoms with Crippen LogP contribution in [-0.2, 0) is 0 Å². The van der Waals surface area contributed by atoms with E-state index in [4.69, 9.17) is 0 Å². The molecular weight excluding hydrogens is 108 g/mol. The lowest BCUT2D eigenvalue weighted by atomic mass is 10.1. The maximum Gasteiger partial charge on any atom is -0.0395 e. The summed E-state index contributed by atoms with van der Waals surface area (Å²) >= 11 is 0. The summed E-state index contributed by atoms with van der Waals surface area (Å²) in [5.74, 6) is 0. The Hall–Kier alpha value is -0.780. The number of allylic oxidation sites excluding steroid dienone is 5. The van der Waals surface area contributed by atoms with Gasteiger partial charge in [0.15, 0.2) is 0 Å². The molecule has 0 rings (SSSR count). The van der Waals surface area contributed by atoms with Gasteiger partial charge < -0.3 is 0 Å². The van der Waals surface area contributed by atoms with Crippen molar-refractivity contribution in [2.45, 2.75) is 20.8 Å². The molecule has 0 aliphatic rings. The van der Waals surface area contributed by atoms with E-state index in [1.165, 1.54) is 5.57 Å². The summed E-state index contributed by atoms with van der Waals surface area (Å²) in [5, 5.41) is 0. The first-order chi connectivity index (χ1) is 4.18. The molecule has 9 heavy (non-hydrogen) atoms. The molecule has 0 spiro atoms. The van der Waals surface area contributed by atoms with Crippen LogP contribution in [-0.4, -0.2) is 0 Å². The average Bonchev–Trinajstić information content (AvgIpc) is 1.82. The highest BCUT2D eigenvalue weighted by Crippen LogP contribution is 2.03. The Kier molecular flexibility index (Phi) is 3.78. The zero-order valence-electron chi connectivity index (χ0n) is 6.44. The van der Waals surface area contributed by atoms with Gasteiger partial charge in [-0.15, -0.1) is 0 Å². The standard InChI is InChI=1S/C9H14/c1-5-6-7-9(4)8(2)3/h5-7H,2H2,1,3-4H3/b6-5?,9-7-. The first kappa shape index (κ1) is 8.22. The minimum absolute atomic E-state index is 1.13. The van der Waals surface area contributed by atoms with Gasteiger partial charge in [-0.3, -0.25) is 0 Å². The van der Waals surface area contributed by atoms with E-state index < -0.39 is 0 Å². The molecule has 0 aromatic heterocycles. The third-order valence-electron chi connectivity index (χ3n) is 1.21. The minimum Gasteiger partial charge on any atom is -0.0958 e. The second kappa shape index (κ2) is 4.13. The molecule has 0 radical (unpaired) electrons. The van der Waals surface area contributed by atoms with Gasteiger partial charge in [0.05, 0.1) is 0 Å². The highest BCUT2D eigenvalue weighted by Gasteiger charge is 1.83. The fraction of sp³-hybridized carbons (Fsp3) is 0.333. The van der Waals surface area contributed by atoms with Crippen LogP contribution in [0.25, 0.3) is 0 Å². The Labute approximate surface area is 57.6 Å². The Bertz CT molecular complexity index is 147. The first-order valence-corrected chi connectivity index (χ1v) is 3.14. The Balaban J connectivity index is 4.00. The van der Waals surface area contributed by atoms with Crippen LogP contribution in [0.4, 0.5) is 0 Å². The largest absolute Gasteiger partial charge is 0.0958 e. The quantitative estimate of drug-likeness (QED) is 0.494. The lowest BCUT2D eigenvalue weighted by Gasteiger charge is -1.93. The van der Waals surface area contributed by atoms with Crippen molar-refractivity contribution < 1.29 is 0 Å². The van der Waals surface area contributed by atoms with Crippen molar-refractivity contribution in [2.24, 2.45) is 0 Å². The van der Waals surface area contributed by atoms with E-state index in [2.05, 4.69) is 19.6 Å². The molecule has 50 valence electrons. The van der Waals surface area contributed by atoms with Crippen molar-refractivity contribution in [2.75, 3.05) is 0 Å². The molecule has 0 aliphatic carbocycles. The second-order valence-electron chi connectivity index (χ2n) is 2.16. The third-order valence-corrected chi connectivity index (χ3v) is 1.21. The smallest absolute Gasteiger partial charge is 0.0395 e. The highest BCUT2D eigenvalue weighted by atomic mass is 13.9. The van der Waals surface area contributed by atoms with Crippen LogP contribution in [0.1, 0.15) is 20.8 Å². The summed E-state index contributed by atoms with van der Waals surface area (Å²) in [5.41, 5.74) is 2.38. The molecule has 0 saturated carbocycles. The van der Waals surface area contributed by atoms with E-state index >= 15 is 0 Å². The van der Waals surface area contributed by atoms with E-state index in [-0.39, 0.29) is 0 Å². The summed E-state index contributed by atoms with van der Waals surface area (Å²) in [6, 6.07) is 0. The van der Waals surface area contributed by atoms with Crippen LogP contribution in [0.3, 0.4) is 0 Å². The van der Waals surface area contributed by atoms with Gasteiger partial charge in [-0.1, -0.05) is 30.4 Å². The maximum absolute atomic E-state index is 3.81. The minimum atomic E-state index is 1.13. The van der Waals surface area contributed by atoms with Crippen molar-refractivity contribution >= 4 is 0 Å². The van der Waals surface area contributed by atoms with Crippen molar-refractivity contribution in [1.82, 2.24) is 0 Å². The van der Waals surface area contributed by atoms with Gasteiger partial charge in [-0.2, -0.15) is 0 Å². The number of hydrogen-bond donors (Lipinski definition) is 0. The predicted octanol–water partition coefficient (Wildman–Crippen LogP) is 3.08. The van der Waals surface area contributed by atoms with Gasteiger partial charge in [-0.05, 0) is 26.3 Å². The van der Waals surface area contributed by atoms with E-state index in [0.717, 1.165) is 5.57 Å². The van der Waals surface area contributed by atoms with Gasteiger partial charge in [0.25, 0.3) is 0 Å². The number of hydrogen-bond acceptors (Lipinski definition) is 0. The first-order valence-electron chi connectivity index (χ1n) is 3.14. The van der Waals surface area contributed by atoms with Gasteiger partial charge in [0, 0.05) is 0 Å². The molecule has 0 aromatic carbocycles. The second-order valence-corrected chi connectivity index (χ2v) is 2.16. The maximum atomic E-state index is 3.81. The van der Waals surface area contributed by atoms with Crippen molar-refractivity contribution in [3.8, 4) is 0 Å². The molecule has 0 bridgehead atoms. The topological polar surface area (TPSA) is 0 Å². The Morgan fingerprint density at radius 1 is 1.33 bits per heavy atom. The molecule has 0 aliphatic heterocycles. The summed E-state index contributed by atoms with van der Waals surface area (Å²) < 4.78 is 0. The molecule has 0 amide bonds. The molecule has 0 unspecified atom stereocenters. The van der Waals surface area contributed by atoms with Crippen molar-refractivity contribution in [3.05, 3.63) is 36.0 Å². The molecule has 0 aromatic rings. The average molecular weight is 122 g/mol. The zero-order valence-corrected chi connectivity index (χ0v) is 6.44. The van der Waals surface area contributed by atoms with Crippen LogP contribution in [0.2, 0.25) is 0 Å². The Morgan fingerprint density at radius 2 is 1.89 bits per heavy atom. The summed E-state index contributed by atoms with van der Waals surface area (Å²) in [4.78, 5) is 0. The van der Waals surface area contributed by atoms with Crippen LogP contribution < -0.4 is 0 Å². The van der Waals surface area contributed by atoms with Crippen molar-refractivity contribution in [3.63, 3.8) is 0 Å². The molecule has 0 heterocycles. The number of rotatable bonds is 2. The summed E-state index contributed by atoms with van der Waals surface area (Å²) in [6.07, 6.45) is 6.08. The molecular formula is C9H14. The summed E-state index contributed by atoms with van der Waals surface area (Å²) in [7, 11) is 0. The monoisotopic (exact) mass is 122 g/mol. The predicted molar refractivity (Wildman–Crippen MR) is 43.4 cm³/mol. The molecule has 0 saturated heterocycles. The van der Waals surface area contributed by atoms with E-state index in [1.54, 1.807) is 0 Å². The lowest BCUT2D eigenvalue weighted by Crippen LogP contribution is -1.72. The van der Waals surface area contributed by atoms with E-state index in [9.17, 15) is 0 Å². The SMILES string of the molecule is C=C(C)/C(C)=C\C=CC. The normalized spacial score (nSPS) is 12.6. The van der Waals surface area contributed by atoms with Crippen LogP contribution >= 0.6 is 0 Å². The van der Waals surface area contributed by atoms with Gasteiger partial charge in [0.1, 0.15) is 0 Å². The van der Waals surface area contributed by atoms with Gasteiger partial charge in [0.2, 0.25) is 0 Å². The van der Waals surface area contributed by atoms with Crippen LogP contribution in [0, 0.1) is 0 Å². The lowest BCUT2D eigenvalue weighted by molar-refractivity contribution is 1.36. The Morgan fingerprint density at radius 3 is 2.22 bits per heavy atom. The molecule has 0 fully saturated rings. The van der Waals surface area contributed by atoms with E-state index in [0.29, 0.717) is 0 Å². The molecule has 0 atom stereocenters. The van der Waals surface area contributed by atoms with Gasteiger partial charge in [-0.25, -0.2) is 0 Å². The highest BCUT2D eigenvalue weighted by molar-refractivity contribution is 5.27. The van der Waals surface area contributed by atoms with Gasteiger partial charge >= 0.3 is 0 Å². The summed E-state index contributed by atoms with van der Waals surface area (Å²) in [6.45, 7) is 9.88. The fourth-order valence-corrected chi connectivity index (χ4v) is 0.383. The van der Waals surface area contributed by atoms with Crippen LogP contribution in [0.5, 0.6) is 0 Å². The van der Waals surface area contributed by atoms with Crippen LogP contribution in [0.15, 0.2) is 36.0 Å². The molecule has 0 heteroatoms. The fourth-order valence-electron chi connectivity index (χ4n) is 0.383. The molecule has 0 nitrogen and oxygen atoms in total. The zero-order chi connectivity index (χ0) is 7.28. The molecule has 0 N–H and O–H groups in total. The van der Waals surface area contributed by atoms with Crippen molar-refractivity contribution in [1.29, 1.82) is 0 Å². The van der Waals surface area contributed by atoms with E-state index in [1.807, 2.05) is 26.0 Å². The third kappa shape index (κ3) is 3.77.